The normalized spacial score (nSPS) is 18.5. The van der Waals surface area contributed by atoms with E-state index in [1.54, 1.807) is 0 Å². The van der Waals surface area contributed by atoms with Gasteiger partial charge in [-0.25, -0.2) is 0 Å². The average molecular weight is 250 g/mol. The Morgan fingerprint density at radius 3 is 1.38 bits per heavy atom. The lowest BCUT2D eigenvalue weighted by Crippen LogP contribution is -2.85. The SMILES string of the molecule is C1CCNCC1.C1CC[NH2+]CC1.Cl.[N-]=[N+]=[N-]. The molecule has 0 aromatic rings. The molecule has 2 saturated heterocycles. The number of halogens is 1. The quantitative estimate of drug-likeness (QED) is 0.383. The van der Waals surface area contributed by atoms with E-state index >= 15 is 0 Å². The minimum atomic E-state index is 0. The Kier molecular flexibility index (Phi) is 18.9. The molecule has 0 aliphatic carbocycles. The van der Waals surface area contributed by atoms with Crippen molar-refractivity contribution in [2.24, 2.45) is 0 Å². The van der Waals surface area contributed by atoms with Gasteiger partial charge in [0.05, 0.1) is 13.1 Å². The lowest BCUT2D eigenvalue weighted by Gasteiger charge is -2.08. The number of nitrogens with two attached hydrogens (primary N) is 1. The molecule has 16 heavy (non-hydrogen) atoms. The lowest BCUT2D eigenvalue weighted by atomic mass is 10.2. The highest BCUT2D eigenvalue weighted by atomic mass is 35.5. The van der Waals surface area contributed by atoms with Crippen LogP contribution in [0.4, 0.5) is 0 Å². The van der Waals surface area contributed by atoms with Crippen molar-refractivity contribution in [1.29, 1.82) is 0 Å². The summed E-state index contributed by atoms with van der Waals surface area (Å²) < 4.78 is 0. The Morgan fingerprint density at radius 2 is 1.25 bits per heavy atom. The van der Waals surface area contributed by atoms with Crippen molar-refractivity contribution in [2.75, 3.05) is 26.2 Å². The van der Waals surface area contributed by atoms with Crippen LogP contribution in [0.15, 0.2) is 0 Å². The molecule has 0 radical (unpaired) electrons. The smallest absolute Gasteiger partial charge is 0.0755 e. The fourth-order valence-electron chi connectivity index (χ4n) is 1.70. The fourth-order valence-corrected chi connectivity index (χ4v) is 1.70. The molecule has 0 saturated carbocycles. The summed E-state index contributed by atoms with van der Waals surface area (Å²) >= 11 is 0. The zero-order chi connectivity index (χ0) is 11.2. The van der Waals surface area contributed by atoms with Crippen molar-refractivity contribution >= 4 is 12.4 Å². The average Bonchev–Trinajstić information content (AvgIpc) is 2.35. The van der Waals surface area contributed by atoms with Crippen LogP contribution in [0.1, 0.15) is 38.5 Å². The van der Waals surface area contributed by atoms with E-state index in [2.05, 4.69) is 10.6 Å². The van der Waals surface area contributed by atoms with Crippen molar-refractivity contribution in [1.82, 2.24) is 5.32 Å². The molecule has 0 aromatic carbocycles. The third-order valence-electron chi connectivity index (χ3n) is 2.52. The monoisotopic (exact) mass is 249 g/mol. The summed E-state index contributed by atoms with van der Waals surface area (Å²) in [6.45, 7) is 5.25. The third-order valence-corrected chi connectivity index (χ3v) is 2.52. The summed E-state index contributed by atoms with van der Waals surface area (Å²) in [6.07, 6.45) is 8.57. The highest BCUT2D eigenvalue weighted by molar-refractivity contribution is 5.85. The highest BCUT2D eigenvalue weighted by Crippen LogP contribution is 1.96. The first-order chi connectivity index (χ1) is 7.41. The second-order valence-corrected chi connectivity index (χ2v) is 3.83. The molecule has 3 N–H and O–H groups in total. The minimum absolute atomic E-state index is 0. The van der Waals surface area contributed by atoms with Crippen LogP contribution in [-0.4, -0.2) is 26.2 Å². The molecular formula is C10H24ClN5. The van der Waals surface area contributed by atoms with Crippen LogP contribution in [0.3, 0.4) is 0 Å². The highest BCUT2D eigenvalue weighted by Gasteiger charge is 1.97. The molecule has 2 fully saturated rings. The number of quaternary nitrogens is 1. The number of rotatable bonds is 0. The van der Waals surface area contributed by atoms with Gasteiger partial charge in [0, 0.05) is 0 Å². The third kappa shape index (κ3) is 16.0. The van der Waals surface area contributed by atoms with Gasteiger partial charge in [0.2, 0.25) is 0 Å². The van der Waals surface area contributed by atoms with Gasteiger partial charge in [0.25, 0.3) is 0 Å². The lowest BCUT2D eigenvalue weighted by molar-refractivity contribution is -0.662. The maximum atomic E-state index is 6.75. The zero-order valence-electron chi connectivity index (χ0n) is 9.90. The van der Waals surface area contributed by atoms with Crippen LogP contribution < -0.4 is 10.6 Å². The molecule has 0 spiro atoms. The first-order valence-corrected chi connectivity index (χ1v) is 5.92. The topological polar surface area (TPSA) is 87.3 Å². The molecule has 2 rings (SSSR count). The molecule has 0 aromatic heterocycles. The standard InChI is InChI=1S/2C5H11N.ClH.N3/c2*1-2-4-6-5-3-1;;1-3-2/h2*6H,1-5H2;1H;/q;;;-1/p+1. The van der Waals surface area contributed by atoms with E-state index in [0.717, 1.165) is 0 Å². The Labute approximate surface area is 104 Å². The zero-order valence-corrected chi connectivity index (χ0v) is 10.7. The largest absolute Gasteiger partial charge is 0.373 e. The van der Waals surface area contributed by atoms with Crippen molar-refractivity contribution in [2.45, 2.75) is 38.5 Å². The van der Waals surface area contributed by atoms with Gasteiger partial charge in [0.1, 0.15) is 0 Å². The first kappa shape index (κ1) is 17.9. The Bertz CT molecular complexity index is 116. The molecule has 0 unspecified atom stereocenters. The molecule has 5 nitrogen and oxygen atoms in total. The predicted molar refractivity (Wildman–Crippen MR) is 69.6 cm³/mol. The molecule has 96 valence electrons. The number of piperidine rings is 2. The number of nitrogens with zero attached hydrogens (tertiary/aromatic N) is 3. The van der Waals surface area contributed by atoms with Gasteiger partial charge in [-0.05, 0) is 45.2 Å². The molecule has 0 atom stereocenters. The van der Waals surface area contributed by atoms with Gasteiger partial charge in [-0.2, -0.15) is 0 Å². The van der Waals surface area contributed by atoms with Gasteiger partial charge in [-0.3, -0.25) is 4.91 Å². The summed E-state index contributed by atoms with van der Waals surface area (Å²) in [5, 5.41) is 5.68. The first-order valence-electron chi connectivity index (χ1n) is 5.92. The van der Waals surface area contributed by atoms with E-state index in [0.29, 0.717) is 0 Å². The Morgan fingerprint density at radius 1 is 0.812 bits per heavy atom. The van der Waals surface area contributed by atoms with Crippen LogP contribution in [-0.2, 0) is 0 Å². The number of hydrogen-bond donors (Lipinski definition) is 2. The molecule has 0 amide bonds. The van der Waals surface area contributed by atoms with Crippen LogP contribution >= 0.6 is 12.4 Å². The van der Waals surface area contributed by atoms with Gasteiger partial charge < -0.3 is 21.7 Å². The van der Waals surface area contributed by atoms with Crippen molar-refractivity contribution < 1.29 is 5.32 Å². The van der Waals surface area contributed by atoms with Crippen LogP contribution in [0.5, 0.6) is 0 Å². The maximum absolute atomic E-state index is 6.75. The van der Waals surface area contributed by atoms with Gasteiger partial charge in [-0.1, -0.05) is 6.42 Å². The molecular weight excluding hydrogens is 226 g/mol. The summed E-state index contributed by atoms with van der Waals surface area (Å²) in [6, 6.07) is 0. The van der Waals surface area contributed by atoms with E-state index in [9.17, 15) is 0 Å². The van der Waals surface area contributed by atoms with E-state index < -0.39 is 0 Å². The fraction of sp³-hybridized carbons (Fsp3) is 1.00. The summed E-state index contributed by atoms with van der Waals surface area (Å²) in [4.78, 5) is 1.50. The molecule has 0 bridgehead atoms. The molecule has 2 heterocycles. The predicted octanol–water partition coefficient (Wildman–Crippen LogP) is 1.78. The molecule has 2 aliphatic heterocycles. The second kappa shape index (κ2) is 16.9. The van der Waals surface area contributed by atoms with Crippen molar-refractivity contribution in [3.05, 3.63) is 16.0 Å². The maximum Gasteiger partial charge on any atom is 0.0755 e. The Hall–Kier alpha value is -0.480. The summed E-state index contributed by atoms with van der Waals surface area (Å²) in [5.74, 6) is 0. The van der Waals surface area contributed by atoms with Gasteiger partial charge >= 0.3 is 0 Å². The number of hydrogen-bond acceptors (Lipinski definition) is 1. The van der Waals surface area contributed by atoms with E-state index in [1.165, 1.54) is 69.6 Å². The van der Waals surface area contributed by atoms with Crippen LogP contribution in [0, 0.1) is 0 Å². The van der Waals surface area contributed by atoms with Gasteiger partial charge in [-0.15, -0.1) is 12.4 Å². The summed E-state index contributed by atoms with van der Waals surface area (Å²) in [5.41, 5.74) is 13.5. The Balaban J connectivity index is 0. The van der Waals surface area contributed by atoms with Crippen LogP contribution in [0.2, 0.25) is 0 Å². The second-order valence-electron chi connectivity index (χ2n) is 3.83. The van der Waals surface area contributed by atoms with E-state index in [4.69, 9.17) is 11.1 Å². The minimum Gasteiger partial charge on any atom is -0.373 e. The van der Waals surface area contributed by atoms with E-state index in [-0.39, 0.29) is 12.4 Å². The summed E-state index contributed by atoms with van der Waals surface area (Å²) in [7, 11) is 0. The van der Waals surface area contributed by atoms with E-state index in [1.807, 2.05) is 0 Å². The van der Waals surface area contributed by atoms with Crippen molar-refractivity contribution in [3.8, 4) is 0 Å². The number of nitrogens with one attached hydrogen (secondary N) is 1. The van der Waals surface area contributed by atoms with Crippen molar-refractivity contribution in [3.63, 3.8) is 0 Å². The van der Waals surface area contributed by atoms with Gasteiger partial charge in [0.15, 0.2) is 0 Å². The van der Waals surface area contributed by atoms with Crippen LogP contribution in [0.25, 0.3) is 16.0 Å². The molecule has 2 aliphatic rings. The molecule has 6 heteroatoms.